The SMILES string of the molecule is O=[SH2]=Nc1cc[c]cc1. The zero-order valence-corrected chi connectivity index (χ0v) is 5.66. The van der Waals surface area contributed by atoms with Gasteiger partial charge in [-0.2, -0.15) is 0 Å². The molecule has 0 unspecified atom stereocenters. The lowest BCUT2D eigenvalue weighted by atomic mass is 10.3. The van der Waals surface area contributed by atoms with Gasteiger partial charge in [0.15, 0.2) is 0 Å². The van der Waals surface area contributed by atoms with Crippen LogP contribution in [0, 0.1) is 6.07 Å². The lowest BCUT2D eigenvalue weighted by Crippen LogP contribution is -1.58. The highest BCUT2D eigenvalue weighted by Gasteiger charge is 1.79. The molecule has 0 aliphatic rings. The lowest BCUT2D eigenvalue weighted by Gasteiger charge is -1.83. The zero-order chi connectivity index (χ0) is 6.53. The summed E-state index contributed by atoms with van der Waals surface area (Å²) in [6, 6.07) is 9.81. The molecule has 0 aromatic heterocycles. The molecule has 3 heteroatoms. The van der Waals surface area contributed by atoms with Crippen LogP contribution in [-0.2, 0) is 11.5 Å². The van der Waals surface area contributed by atoms with Crippen molar-refractivity contribution in [2.45, 2.75) is 0 Å². The molecule has 0 aliphatic carbocycles. The number of nitrogens with zero attached hydrogens (tertiary/aromatic N) is 1. The third-order valence-corrected chi connectivity index (χ3v) is 1.22. The van der Waals surface area contributed by atoms with E-state index >= 15 is 0 Å². The molecule has 1 rings (SSSR count). The molecule has 0 atom stereocenters. The summed E-state index contributed by atoms with van der Waals surface area (Å²) in [6.07, 6.45) is 0. The predicted molar refractivity (Wildman–Crippen MR) is 38.3 cm³/mol. The van der Waals surface area contributed by atoms with Gasteiger partial charge in [0.1, 0.15) is 0 Å². The monoisotopic (exact) mass is 140 g/mol. The number of hydrogen-bond donors (Lipinski definition) is 0. The molecule has 0 saturated heterocycles. The van der Waals surface area contributed by atoms with Crippen LogP contribution in [0.2, 0.25) is 0 Å². The molecule has 0 fully saturated rings. The first-order valence-corrected chi connectivity index (χ1v) is 3.33. The van der Waals surface area contributed by atoms with E-state index in [0.717, 1.165) is 5.69 Å². The molecular weight excluding hydrogens is 134 g/mol. The predicted octanol–water partition coefficient (Wildman–Crippen LogP) is 0.979. The van der Waals surface area contributed by atoms with Crippen LogP contribution in [-0.4, -0.2) is 4.21 Å². The third-order valence-electron chi connectivity index (χ3n) is 0.875. The minimum absolute atomic E-state index is 0.604. The minimum atomic E-state index is -0.604. The second kappa shape index (κ2) is 3.25. The first-order valence-electron chi connectivity index (χ1n) is 2.47. The van der Waals surface area contributed by atoms with Gasteiger partial charge in [-0.1, -0.05) is 12.1 Å². The van der Waals surface area contributed by atoms with Gasteiger partial charge in [-0.3, -0.25) is 4.21 Å². The highest BCUT2D eigenvalue weighted by atomic mass is 32.1. The Hall–Kier alpha value is -0.830. The van der Waals surface area contributed by atoms with Gasteiger partial charge in [-0.25, -0.2) is 4.36 Å². The van der Waals surface area contributed by atoms with Crippen molar-refractivity contribution in [2.75, 3.05) is 0 Å². The van der Waals surface area contributed by atoms with Crippen LogP contribution >= 0.6 is 0 Å². The van der Waals surface area contributed by atoms with Crippen LogP contribution in [0.1, 0.15) is 0 Å². The molecule has 0 saturated carbocycles. The van der Waals surface area contributed by atoms with Gasteiger partial charge in [0, 0.05) is 11.5 Å². The highest BCUT2D eigenvalue weighted by molar-refractivity contribution is 7.54. The third kappa shape index (κ3) is 1.85. The Bertz CT molecular complexity index is 228. The second-order valence-corrected chi connectivity index (χ2v) is 1.87. The quantitative estimate of drug-likeness (QED) is 0.571. The van der Waals surface area contributed by atoms with E-state index in [9.17, 15) is 4.21 Å². The summed E-state index contributed by atoms with van der Waals surface area (Å²) in [5, 5.41) is 0. The molecule has 1 aromatic rings. The van der Waals surface area contributed by atoms with Gasteiger partial charge in [0.25, 0.3) is 0 Å². The maximum atomic E-state index is 9.95. The summed E-state index contributed by atoms with van der Waals surface area (Å²) < 4.78 is 13.6. The molecule has 9 heavy (non-hydrogen) atoms. The highest BCUT2D eigenvalue weighted by Crippen LogP contribution is 2.07. The largest absolute Gasteiger partial charge is 0.256 e. The van der Waals surface area contributed by atoms with E-state index in [4.69, 9.17) is 0 Å². The maximum Gasteiger partial charge on any atom is 0.0725 e. The Labute approximate surface area is 56.8 Å². The number of rotatable bonds is 1. The fourth-order valence-electron chi connectivity index (χ4n) is 0.505. The Balaban J connectivity index is 2.97. The van der Waals surface area contributed by atoms with Gasteiger partial charge < -0.3 is 0 Å². The van der Waals surface area contributed by atoms with Crippen molar-refractivity contribution in [1.82, 2.24) is 0 Å². The average molecular weight is 140 g/mol. The maximum absolute atomic E-state index is 9.95. The van der Waals surface area contributed by atoms with E-state index in [2.05, 4.69) is 10.4 Å². The van der Waals surface area contributed by atoms with E-state index in [1.165, 1.54) is 0 Å². The molecule has 0 N–H and O–H groups in total. The first kappa shape index (κ1) is 6.29. The van der Waals surface area contributed by atoms with Crippen LogP contribution < -0.4 is 0 Å². The van der Waals surface area contributed by atoms with Gasteiger partial charge in [0.2, 0.25) is 0 Å². The fraction of sp³-hybridized carbons (Fsp3) is 0. The van der Waals surface area contributed by atoms with Crippen LogP contribution in [0.5, 0.6) is 0 Å². The van der Waals surface area contributed by atoms with Gasteiger partial charge in [-0.15, -0.1) is 0 Å². The topological polar surface area (TPSA) is 29.4 Å². The lowest BCUT2D eigenvalue weighted by molar-refractivity contribution is 0.698. The summed E-state index contributed by atoms with van der Waals surface area (Å²) in [4.78, 5) is 0. The van der Waals surface area contributed by atoms with Crippen molar-refractivity contribution in [3.8, 4) is 0 Å². The fourth-order valence-corrected chi connectivity index (χ4v) is 0.760. The minimum Gasteiger partial charge on any atom is -0.256 e. The smallest absolute Gasteiger partial charge is 0.0725 e. The molecule has 47 valence electrons. The second-order valence-electron chi connectivity index (χ2n) is 1.46. The molecule has 2 nitrogen and oxygen atoms in total. The zero-order valence-electron chi connectivity index (χ0n) is 4.66. The Kier molecular flexibility index (Phi) is 2.27. The molecule has 1 radical (unpaired) electrons. The van der Waals surface area contributed by atoms with Crippen LogP contribution in [0.4, 0.5) is 5.69 Å². The van der Waals surface area contributed by atoms with Crippen molar-refractivity contribution >= 4 is 17.2 Å². The van der Waals surface area contributed by atoms with Crippen molar-refractivity contribution in [2.24, 2.45) is 4.36 Å². The molecule has 0 amide bonds. The molecule has 0 heterocycles. The Morgan fingerprint density at radius 2 is 2.11 bits per heavy atom. The first-order chi connectivity index (χ1) is 4.43. The molecule has 1 aromatic carbocycles. The van der Waals surface area contributed by atoms with E-state index in [1.54, 1.807) is 24.3 Å². The summed E-state index contributed by atoms with van der Waals surface area (Å²) in [5.74, 6) is 0. The Morgan fingerprint density at radius 1 is 1.44 bits per heavy atom. The van der Waals surface area contributed by atoms with Crippen molar-refractivity contribution in [3.05, 3.63) is 30.3 Å². The normalized spacial score (nSPS) is 10.2. The van der Waals surface area contributed by atoms with E-state index < -0.39 is 11.5 Å². The van der Waals surface area contributed by atoms with Gasteiger partial charge >= 0.3 is 0 Å². The summed E-state index contributed by atoms with van der Waals surface area (Å²) in [6.45, 7) is 0. The molecule has 0 aliphatic heterocycles. The van der Waals surface area contributed by atoms with Crippen LogP contribution in [0.25, 0.3) is 0 Å². The Morgan fingerprint density at radius 3 is 2.67 bits per heavy atom. The van der Waals surface area contributed by atoms with E-state index in [1.807, 2.05) is 0 Å². The average Bonchev–Trinajstić information content (AvgIpc) is 1.91. The van der Waals surface area contributed by atoms with Gasteiger partial charge in [-0.05, 0) is 18.2 Å². The number of hydrogen-bond acceptors (Lipinski definition) is 2. The van der Waals surface area contributed by atoms with Crippen LogP contribution in [0.15, 0.2) is 28.6 Å². The summed E-state index contributed by atoms with van der Waals surface area (Å²) in [7, 11) is 0. The van der Waals surface area contributed by atoms with Gasteiger partial charge in [0.05, 0.1) is 5.69 Å². The standard InChI is InChI=1S/C6H6NOS/c8-9-7-6-4-2-1-3-5-6/h2-5H,9H2. The molecule has 0 spiro atoms. The summed E-state index contributed by atoms with van der Waals surface area (Å²) >= 11 is -0.604. The molecule has 0 bridgehead atoms. The van der Waals surface area contributed by atoms with E-state index in [-0.39, 0.29) is 0 Å². The van der Waals surface area contributed by atoms with Crippen molar-refractivity contribution in [1.29, 1.82) is 0 Å². The van der Waals surface area contributed by atoms with Crippen molar-refractivity contribution in [3.63, 3.8) is 0 Å². The van der Waals surface area contributed by atoms with Crippen LogP contribution in [0.3, 0.4) is 0 Å². The van der Waals surface area contributed by atoms with Crippen molar-refractivity contribution < 1.29 is 4.21 Å². The summed E-state index contributed by atoms with van der Waals surface area (Å²) in [5.41, 5.74) is 0.738. The van der Waals surface area contributed by atoms with E-state index in [0.29, 0.717) is 0 Å². The number of benzene rings is 1. The molecular formula is C6H6NOS.